The van der Waals surface area contributed by atoms with Crippen molar-refractivity contribution >= 4 is 22.8 Å². The summed E-state index contributed by atoms with van der Waals surface area (Å²) < 4.78 is 5.21. The van der Waals surface area contributed by atoms with E-state index in [0.717, 1.165) is 11.3 Å². The quantitative estimate of drug-likeness (QED) is 0.738. The third-order valence-electron chi connectivity index (χ3n) is 4.63. The molecule has 3 heterocycles. The first-order valence-corrected chi connectivity index (χ1v) is 8.40. The number of aromatic nitrogens is 3. The van der Waals surface area contributed by atoms with Crippen molar-refractivity contribution in [3.63, 3.8) is 0 Å². The van der Waals surface area contributed by atoms with Crippen LogP contribution < -0.4 is 15.2 Å². The Morgan fingerprint density at radius 3 is 2.69 bits per heavy atom. The Morgan fingerprint density at radius 2 is 2.00 bits per heavy atom. The summed E-state index contributed by atoms with van der Waals surface area (Å²) in [6.07, 6.45) is 3.48. The number of aromatic amines is 2. The highest BCUT2D eigenvalue weighted by Crippen LogP contribution is 2.19. The maximum Gasteiger partial charge on any atom is 0.261 e. The number of imidazole rings is 1. The third-order valence-corrected chi connectivity index (χ3v) is 4.63. The summed E-state index contributed by atoms with van der Waals surface area (Å²) in [5.74, 6) is 1.22. The Bertz CT molecular complexity index is 988. The zero-order valence-electron chi connectivity index (χ0n) is 14.4. The first-order chi connectivity index (χ1) is 12.7. The molecule has 1 aromatic carbocycles. The van der Waals surface area contributed by atoms with Crippen LogP contribution in [0.2, 0.25) is 0 Å². The van der Waals surface area contributed by atoms with Crippen LogP contribution in [-0.4, -0.2) is 59.0 Å². The summed E-state index contributed by atoms with van der Waals surface area (Å²) in [7, 11) is 1.58. The van der Waals surface area contributed by atoms with Crippen molar-refractivity contribution < 1.29 is 9.53 Å². The molecule has 1 saturated heterocycles. The van der Waals surface area contributed by atoms with Crippen LogP contribution in [0.25, 0.3) is 10.9 Å². The summed E-state index contributed by atoms with van der Waals surface area (Å²) in [5, 5.41) is 0.765. The molecular formula is C18H19N5O3. The number of carbonyl (C=O) groups excluding carboxylic acids is 1. The Labute approximate surface area is 149 Å². The SMILES string of the molecule is COc1ccc2[nH]c(=O)c(C(=O)N3CCN(c4ncc[nH]4)CC3)cc2c1. The number of methoxy groups -OCH3 is 1. The predicted molar refractivity (Wildman–Crippen MR) is 97.8 cm³/mol. The number of hydrogen-bond acceptors (Lipinski definition) is 5. The number of nitrogens with zero attached hydrogens (tertiary/aromatic N) is 3. The number of carbonyl (C=O) groups is 1. The first-order valence-electron chi connectivity index (χ1n) is 8.40. The van der Waals surface area contributed by atoms with Gasteiger partial charge in [-0.1, -0.05) is 0 Å². The lowest BCUT2D eigenvalue weighted by Gasteiger charge is -2.34. The van der Waals surface area contributed by atoms with Gasteiger partial charge in [0.05, 0.1) is 7.11 Å². The lowest BCUT2D eigenvalue weighted by molar-refractivity contribution is 0.0744. The molecule has 134 valence electrons. The van der Waals surface area contributed by atoms with Crippen LogP contribution >= 0.6 is 0 Å². The van der Waals surface area contributed by atoms with Crippen molar-refractivity contribution in [1.82, 2.24) is 19.9 Å². The van der Waals surface area contributed by atoms with E-state index in [-0.39, 0.29) is 17.0 Å². The van der Waals surface area contributed by atoms with E-state index < -0.39 is 0 Å². The second kappa shape index (κ2) is 6.55. The first kappa shape index (κ1) is 16.2. The van der Waals surface area contributed by atoms with Gasteiger partial charge in [0.2, 0.25) is 5.95 Å². The summed E-state index contributed by atoms with van der Waals surface area (Å²) in [4.78, 5) is 39.1. The molecule has 26 heavy (non-hydrogen) atoms. The van der Waals surface area contributed by atoms with Gasteiger partial charge in [-0.25, -0.2) is 4.98 Å². The molecule has 2 aromatic heterocycles. The molecule has 0 atom stereocenters. The minimum atomic E-state index is -0.374. The van der Waals surface area contributed by atoms with Crippen LogP contribution in [0, 0.1) is 0 Å². The van der Waals surface area contributed by atoms with Crippen LogP contribution in [0.3, 0.4) is 0 Å². The molecule has 0 bridgehead atoms. The predicted octanol–water partition coefficient (Wildman–Crippen LogP) is 1.22. The van der Waals surface area contributed by atoms with Crippen molar-refractivity contribution in [3.05, 3.63) is 52.6 Å². The van der Waals surface area contributed by atoms with E-state index in [1.165, 1.54) is 0 Å². The molecule has 1 amide bonds. The van der Waals surface area contributed by atoms with Crippen LogP contribution in [0.1, 0.15) is 10.4 Å². The van der Waals surface area contributed by atoms with Crippen molar-refractivity contribution in [2.24, 2.45) is 0 Å². The maximum atomic E-state index is 12.8. The molecule has 4 rings (SSSR count). The van der Waals surface area contributed by atoms with Gasteiger partial charge in [0.15, 0.2) is 0 Å². The Morgan fingerprint density at radius 1 is 1.19 bits per heavy atom. The lowest BCUT2D eigenvalue weighted by atomic mass is 10.1. The minimum absolute atomic E-state index is 0.150. The fourth-order valence-electron chi connectivity index (χ4n) is 3.19. The third kappa shape index (κ3) is 2.90. The fraction of sp³-hybridized carbons (Fsp3) is 0.278. The standard InChI is InChI=1S/C18H19N5O3/c1-26-13-2-3-15-12(10-13)11-14(16(24)21-15)17(25)22-6-8-23(9-7-22)18-19-4-5-20-18/h2-5,10-11H,6-9H2,1H3,(H,19,20)(H,21,24). The number of ether oxygens (including phenoxy) is 1. The summed E-state index contributed by atoms with van der Waals surface area (Å²) in [6.45, 7) is 2.40. The van der Waals surface area contributed by atoms with Gasteiger partial charge >= 0.3 is 0 Å². The van der Waals surface area contributed by atoms with Crippen molar-refractivity contribution in [2.45, 2.75) is 0 Å². The number of anilines is 1. The molecule has 0 radical (unpaired) electrons. The van der Waals surface area contributed by atoms with Crippen LogP contribution in [0.4, 0.5) is 5.95 Å². The Balaban J connectivity index is 1.56. The number of fused-ring (bicyclic) bond motifs is 1. The smallest absolute Gasteiger partial charge is 0.261 e. The van der Waals surface area contributed by atoms with Gasteiger partial charge < -0.3 is 24.5 Å². The molecule has 0 spiro atoms. The number of benzene rings is 1. The average Bonchev–Trinajstić information content (AvgIpc) is 3.21. The Kier molecular flexibility index (Phi) is 4.08. The number of piperazine rings is 1. The van der Waals surface area contributed by atoms with E-state index in [1.54, 1.807) is 48.7 Å². The number of hydrogen-bond donors (Lipinski definition) is 2. The highest BCUT2D eigenvalue weighted by atomic mass is 16.5. The second-order valence-electron chi connectivity index (χ2n) is 6.16. The highest BCUT2D eigenvalue weighted by molar-refractivity contribution is 5.97. The molecule has 3 aromatic rings. The lowest BCUT2D eigenvalue weighted by Crippen LogP contribution is -2.50. The Hall–Kier alpha value is -3.29. The van der Waals surface area contributed by atoms with Crippen LogP contribution in [0.5, 0.6) is 5.75 Å². The van der Waals surface area contributed by atoms with E-state index in [9.17, 15) is 9.59 Å². The van der Waals surface area contributed by atoms with E-state index in [0.29, 0.717) is 37.4 Å². The van der Waals surface area contributed by atoms with Crippen molar-refractivity contribution in [3.8, 4) is 5.75 Å². The van der Waals surface area contributed by atoms with E-state index in [2.05, 4.69) is 19.9 Å². The van der Waals surface area contributed by atoms with Gasteiger partial charge in [0.1, 0.15) is 11.3 Å². The monoisotopic (exact) mass is 353 g/mol. The fourth-order valence-corrected chi connectivity index (χ4v) is 3.19. The number of amides is 1. The number of pyridine rings is 1. The summed E-state index contributed by atoms with van der Waals surface area (Å²) >= 11 is 0. The van der Waals surface area contributed by atoms with E-state index in [4.69, 9.17) is 4.74 Å². The molecule has 0 unspecified atom stereocenters. The van der Waals surface area contributed by atoms with Gasteiger partial charge in [-0.15, -0.1) is 0 Å². The molecule has 1 fully saturated rings. The van der Waals surface area contributed by atoms with Gasteiger partial charge in [-0.3, -0.25) is 9.59 Å². The van der Waals surface area contributed by atoms with E-state index >= 15 is 0 Å². The molecule has 0 saturated carbocycles. The highest BCUT2D eigenvalue weighted by Gasteiger charge is 2.25. The molecule has 8 nitrogen and oxygen atoms in total. The second-order valence-corrected chi connectivity index (χ2v) is 6.16. The maximum absolute atomic E-state index is 12.8. The number of rotatable bonds is 3. The largest absolute Gasteiger partial charge is 0.497 e. The topological polar surface area (TPSA) is 94.3 Å². The molecule has 1 aliphatic heterocycles. The molecular weight excluding hydrogens is 334 g/mol. The molecule has 1 aliphatic rings. The van der Waals surface area contributed by atoms with Gasteiger partial charge in [-0.2, -0.15) is 0 Å². The van der Waals surface area contributed by atoms with Gasteiger partial charge in [-0.05, 0) is 24.3 Å². The summed E-state index contributed by atoms with van der Waals surface area (Å²) in [6, 6.07) is 6.98. The summed E-state index contributed by atoms with van der Waals surface area (Å²) in [5.41, 5.74) is 0.452. The number of H-pyrrole nitrogens is 2. The van der Waals surface area contributed by atoms with Crippen molar-refractivity contribution in [1.29, 1.82) is 0 Å². The van der Waals surface area contributed by atoms with Gasteiger partial charge in [0, 0.05) is 49.5 Å². The molecule has 8 heteroatoms. The normalized spacial score (nSPS) is 14.7. The minimum Gasteiger partial charge on any atom is -0.497 e. The van der Waals surface area contributed by atoms with Crippen molar-refractivity contribution in [2.75, 3.05) is 38.2 Å². The van der Waals surface area contributed by atoms with Gasteiger partial charge in [0.25, 0.3) is 11.5 Å². The number of nitrogens with one attached hydrogen (secondary N) is 2. The van der Waals surface area contributed by atoms with E-state index in [1.807, 2.05) is 0 Å². The molecule has 2 N–H and O–H groups in total. The average molecular weight is 353 g/mol. The zero-order chi connectivity index (χ0) is 18.1. The zero-order valence-corrected chi connectivity index (χ0v) is 14.4. The molecule has 0 aliphatic carbocycles. The van der Waals surface area contributed by atoms with Crippen LogP contribution in [0.15, 0.2) is 41.5 Å². The van der Waals surface area contributed by atoms with Crippen LogP contribution in [-0.2, 0) is 0 Å².